The summed E-state index contributed by atoms with van der Waals surface area (Å²) >= 11 is 1.40. The highest BCUT2D eigenvalue weighted by Crippen LogP contribution is 2.40. The molecule has 0 saturated carbocycles. The molecule has 0 bridgehead atoms. The molecule has 1 aromatic carbocycles. The molecule has 2 aromatic heterocycles. The molecule has 2 N–H and O–H groups in total. The van der Waals surface area contributed by atoms with Gasteiger partial charge in [0.05, 0.1) is 38.1 Å². The summed E-state index contributed by atoms with van der Waals surface area (Å²) < 4.78 is 46.1. The van der Waals surface area contributed by atoms with Crippen molar-refractivity contribution in [1.29, 1.82) is 0 Å². The maximum absolute atomic E-state index is 12.9. The van der Waals surface area contributed by atoms with Gasteiger partial charge in [-0.2, -0.15) is 0 Å². The molecule has 182 valence electrons. The van der Waals surface area contributed by atoms with Crippen LogP contribution in [0.15, 0.2) is 22.7 Å². The van der Waals surface area contributed by atoms with Crippen LogP contribution < -0.4 is 15.5 Å². The molecule has 0 unspecified atom stereocenters. The largest absolute Gasteiger partial charge is 0.497 e. The van der Waals surface area contributed by atoms with E-state index in [2.05, 4.69) is 15.0 Å². The van der Waals surface area contributed by atoms with E-state index in [1.807, 2.05) is 34.6 Å². The molecular formula is C22H28BN3O6S2. The van der Waals surface area contributed by atoms with E-state index in [0.717, 1.165) is 5.01 Å². The summed E-state index contributed by atoms with van der Waals surface area (Å²) in [6.45, 7) is 11.1. The predicted octanol–water partition coefficient (Wildman–Crippen LogP) is 3.29. The first-order valence-corrected chi connectivity index (χ1v) is 13.4. The van der Waals surface area contributed by atoms with E-state index in [9.17, 15) is 13.2 Å². The van der Waals surface area contributed by atoms with Gasteiger partial charge in [-0.1, -0.05) is 0 Å². The average Bonchev–Trinajstić information content (AvgIpc) is 3.39. The fraction of sp³-hybridized carbons (Fsp3) is 0.455. The number of anilines is 1. The highest BCUT2D eigenvalue weighted by molar-refractivity contribution is 7.92. The molecule has 0 radical (unpaired) electrons. The monoisotopic (exact) mass is 505 g/mol. The number of thiazole rings is 1. The molecule has 1 amide bonds. The average molecular weight is 505 g/mol. The fourth-order valence-electron chi connectivity index (χ4n) is 3.64. The highest BCUT2D eigenvalue weighted by Gasteiger charge is 2.52. The van der Waals surface area contributed by atoms with Crippen molar-refractivity contribution >= 4 is 56.5 Å². The number of amides is 1. The van der Waals surface area contributed by atoms with Crippen molar-refractivity contribution in [2.24, 2.45) is 0 Å². The third-order valence-electron chi connectivity index (χ3n) is 6.31. The number of hydrogen-bond donors (Lipinski definition) is 2. The lowest BCUT2D eigenvalue weighted by molar-refractivity contribution is 0.00578. The number of carbonyl (C=O) groups is 1. The number of aromatic nitrogens is 1. The second kappa shape index (κ2) is 8.37. The number of benzene rings is 1. The topological polar surface area (TPSA) is 120 Å². The maximum Gasteiger partial charge on any atom is 0.497 e. The predicted molar refractivity (Wildman–Crippen MR) is 134 cm³/mol. The minimum Gasteiger partial charge on any atom is -0.454 e. The van der Waals surface area contributed by atoms with Crippen LogP contribution in [0.3, 0.4) is 0 Å². The van der Waals surface area contributed by atoms with Gasteiger partial charge in [-0.05, 0) is 47.6 Å². The minimum atomic E-state index is -3.61. The van der Waals surface area contributed by atoms with Gasteiger partial charge in [0.15, 0.2) is 5.76 Å². The summed E-state index contributed by atoms with van der Waals surface area (Å²) in [5.74, 6) is -0.0715. The molecule has 34 heavy (non-hydrogen) atoms. The Labute approximate surface area is 203 Å². The van der Waals surface area contributed by atoms with Crippen LogP contribution in [-0.2, 0) is 19.3 Å². The number of nitrogens with zero attached hydrogens (tertiary/aromatic N) is 1. The molecule has 1 aliphatic rings. The molecule has 3 heterocycles. The van der Waals surface area contributed by atoms with Crippen LogP contribution >= 0.6 is 11.3 Å². The Balaban J connectivity index is 1.98. The smallest absolute Gasteiger partial charge is 0.454 e. The summed E-state index contributed by atoms with van der Waals surface area (Å²) in [4.78, 5) is 17.9. The number of fused-ring (bicyclic) bond motifs is 1. The number of rotatable bonds is 6. The number of carbonyl (C=O) groups excluding carboxylic acids is 1. The molecule has 1 aliphatic heterocycles. The Morgan fingerprint density at radius 2 is 1.82 bits per heavy atom. The van der Waals surface area contributed by atoms with Gasteiger partial charge in [-0.3, -0.25) is 9.52 Å². The second-order valence-corrected chi connectivity index (χ2v) is 12.4. The molecule has 4 rings (SSSR count). The fourth-order valence-corrected chi connectivity index (χ4v) is 5.06. The molecule has 9 nitrogen and oxygen atoms in total. The first-order chi connectivity index (χ1) is 15.8. The minimum absolute atomic E-state index is 0.110. The first kappa shape index (κ1) is 24.7. The lowest BCUT2D eigenvalue weighted by atomic mass is 9.77. The summed E-state index contributed by atoms with van der Waals surface area (Å²) in [6, 6.07) is 3.28. The standard InChI is InChI=1S/C22H28BN3O6S2/c1-8-34(28,29)26-15-10-16-13(9-14(15)23-31-21(3,4)22(5,6)32-23)18(20(27)24-7)19(30-16)17-11-25-12(2)33-17/h9-11,26H,8H2,1-7H3,(H,24,27). The normalized spacial score (nSPS) is 17.3. The highest BCUT2D eigenvalue weighted by atomic mass is 32.2. The Morgan fingerprint density at radius 3 is 2.35 bits per heavy atom. The van der Waals surface area contributed by atoms with Gasteiger partial charge in [0.1, 0.15) is 5.58 Å². The first-order valence-electron chi connectivity index (χ1n) is 10.9. The molecule has 0 aliphatic carbocycles. The van der Waals surface area contributed by atoms with Crippen molar-refractivity contribution in [2.45, 2.75) is 52.7 Å². The van der Waals surface area contributed by atoms with Crippen LogP contribution in [0.5, 0.6) is 0 Å². The van der Waals surface area contributed by atoms with E-state index in [1.165, 1.54) is 11.3 Å². The van der Waals surface area contributed by atoms with E-state index in [0.29, 0.717) is 32.6 Å². The molecule has 1 saturated heterocycles. The Bertz CT molecular complexity index is 1360. The van der Waals surface area contributed by atoms with E-state index >= 15 is 0 Å². The maximum atomic E-state index is 12.9. The third-order valence-corrected chi connectivity index (χ3v) is 8.51. The Hall–Kier alpha value is -2.41. The van der Waals surface area contributed by atoms with Crippen molar-refractivity contribution in [3.63, 3.8) is 0 Å². The number of nitrogens with one attached hydrogen (secondary N) is 2. The summed E-state index contributed by atoms with van der Waals surface area (Å²) in [7, 11) is -2.93. The van der Waals surface area contributed by atoms with Gasteiger partial charge >= 0.3 is 7.12 Å². The zero-order valence-corrected chi connectivity index (χ0v) is 21.9. The van der Waals surface area contributed by atoms with Gasteiger partial charge < -0.3 is 19.0 Å². The van der Waals surface area contributed by atoms with Crippen molar-refractivity contribution in [3.8, 4) is 10.6 Å². The van der Waals surface area contributed by atoms with Crippen molar-refractivity contribution in [1.82, 2.24) is 10.3 Å². The van der Waals surface area contributed by atoms with E-state index in [1.54, 1.807) is 32.3 Å². The van der Waals surface area contributed by atoms with Crippen molar-refractivity contribution in [3.05, 3.63) is 28.9 Å². The van der Waals surface area contributed by atoms with Crippen molar-refractivity contribution < 1.29 is 26.9 Å². The number of furan rings is 1. The SMILES string of the molecule is CCS(=O)(=O)Nc1cc2oc(-c3cnc(C)s3)c(C(=O)NC)c2cc1B1OC(C)(C)C(C)(C)O1. The molecule has 3 aromatic rings. The summed E-state index contributed by atoms with van der Waals surface area (Å²) in [5, 5.41) is 4.01. The van der Waals surface area contributed by atoms with E-state index in [4.69, 9.17) is 13.7 Å². The number of sulfonamides is 1. The number of hydrogen-bond acceptors (Lipinski definition) is 8. The van der Waals surface area contributed by atoms with Crippen molar-refractivity contribution in [2.75, 3.05) is 17.5 Å². The van der Waals surface area contributed by atoms with Crippen LogP contribution in [0.4, 0.5) is 5.69 Å². The van der Waals surface area contributed by atoms with Crippen LogP contribution in [0, 0.1) is 6.92 Å². The van der Waals surface area contributed by atoms with Gasteiger partial charge in [-0.25, -0.2) is 13.4 Å². The Kier molecular flexibility index (Phi) is 6.08. The third kappa shape index (κ3) is 4.23. The van der Waals surface area contributed by atoms with Crippen LogP contribution in [-0.4, -0.2) is 50.4 Å². The molecule has 1 fully saturated rings. The zero-order valence-electron chi connectivity index (χ0n) is 20.2. The quantitative estimate of drug-likeness (QED) is 0.494. The van der Waals surface area contributed by atoms with Gasteiger partial charge in [-0.15, -0.1) is 11.3 Å². The van der Waals surface area contributed by atoms with Crippen LogP contribution in [0.25, 0.3) is 21.6 Å². The number of aryl methyl sites for hydroxylation is 1. The van der Waals surface area contributed by atoms with Gasteiger partial charge in [0, 0.05) is 30.2 Å². The van der Waals surface area contributed by atoms with E-state index in [-0.39, 0.29) is 17.3 Å². The lowest BCUT2D eigenvalue weighted by Gasteiger charge is -2.32. The van der Waals surface area contributed by atoms with Crippen LogP contribution in [0.1, 0.15) is 50.0 Å². The summed E-state index contributed by atoms with van der Waals surface area (Å²) in [5.41, 5.74) is 0.147. The van der Waals surface area contributed by atoms with Gasteiger partial charge in [0.2, 0.25) is 10.0 Å². The van der Waals surface area contributed by atoms with Gasteiger partial charge in [0.25, 0.3) is 5.91 Å². The molecular weight excluding hydrogens is 477 g/mol. The lowest BCUT2D eigenvalue weighted by Crippen LogP contribution is -2.41. The Morgan fingerprint density at radius 1 is 1.18 bits per heavy atom. The van der Waals surface area contributed by atoms with Crippen LogP contribution in [0.2, 0.25) is 0 Å². The zero-order chi connectivity index (χ0) is 25.1. The molecule has 0 atom stereocenters. The molecule has 12 heteroatoms. The molecule has 0 spiro atoms. The second-order valence-electron chi connectivity index (χ2n) is 9.16. The summed E-state index contributed by atoms with van der Waals surface area (Å²) in [6.07, 6.45) is 1.65. The van der Waals surface area contributed by atoms with E-state index < -0.39 is 28.3 Å².